The maximum atomic E-state index is 5.70. The summed E-state index contributed by atoms with van der Waals surface area (Å²) in [4.78, 5) is 9.60. The normalized spacial score (nSPS) is 21.9. The predicted molar refractivity (Wildman–Crippen MR) is 89.2 cm³/mol. The minimum Gasteiger partial charge on any atom is -0.377 e. The van der Waals surface area contributed by atoms with Crippen molar-refractivity contribution in [1.82, 2.24) is 9.88 Å². The van der Waals surface area contributed by atoms with Gasteiger partial charge in [-0.3, -0.25) is 4.98 Å². The molecule has 1 aliphatic heterocycles. The number of hydrogen-bond donors (Lipinski definition) is 1. The number of anilines is 1. The van der Waals surface area contributed by atoms with Crippen LogP contribution in [-0.4, -0.2) is 49.3 Å². The highest BCUT2D eigenvalue weighted by atomic mass is 32.1. The summed E-state index contributed by atoms with van der Waals surface area (Å²) in [5.41, 5.74) is 3.74. The monoisotopic (exact) mass is 307 g/mol. The summed E-state index contributed by atoms with van der Waals surface area (Å²) in [7, 11) is 4.18. The molecule has 0 aromatic carbocycles. The molecule has 0 N–H and O–H groups in total. The first-order valence-electron chi connectivity index (χ1n) is 7.70. The first-order valence-corrected chi connectivity index (χ1v) is 8.21. The van der Waals surface area contributed by atoms with Crippen molar-refractivity contribution < 1.29 is 4.74 Å². The zero-order chi connectivity index (χ0) is 15.0. The van der Waals surface area contributed by atoms with E-state index in [-0.39, 0.29) is 10.8 Å². The molecule has 1 saturated heterocycles. The van der Waals surface area contributed by atoms with E-state index in [1.165, 1.54) is 18.5 Å². The number of nitrogens with zero attached hydrogens (tertiary/aromatic N) is 3. The fraction of sp³-hybridized carbons (Fsp3) is 0.688. The predicted octanol–water partition coefficient (Wildman–Crippen LogP) is 2.50. The van der Waals surface area contributed by atoms with Crippen molar-refractivity contribution in [2.75, 3.05) is 38.8 Å². The summed E-state index contributed by atoms with van der Waals surface area (Å²) in [6, 6.07) is 4.36. The van der Waals surface area contributed by atoms with Gasteiger partial charge in [-0.15, -0.1) is 0 Å². The van der Waals surface area contributed by atoms with Crippen LogP contribution in [0.2, 0.25) is 0 Å². The van der Waals surface area contributed by atoms with Crippen molar-refractivity contribution >= 4 is 18.3 Å². The van der Waals surface area contributed by atoms with Gasteiger partial charge in [0.1, 0.15) is 0 Å². The Morgan fingerprint density at radius 3 is 2.81 bits per heavy atom. The Hall–Kier alpha value is -0.780. The molecular weight excluding hydrogens is 282 g/mol. The summed E-state index contributed by atoms with van der Waals surface area (Å²) >= 11 is 4.52. The molecule has 1 saturated carbocycles. The third-order valence-corrected chi connectivity index (χ3v) is 4.65. The number of thiol groups is 1. The third kappa shape index (κ3) is 3.05. The first-order chi connectivity index (χ1) is 10.0. The second-order valence-electron chi connectivity index (χ2n) is 6.54. The van der Waals surface area contributed by atoms with E-state index in [4.69, 9.17) is 9.72 Å². The van der Waals surface area contributed by atoms with Gasteiger partial charge in [-0.25, -0.2) is 0 Å². The maximum absolute atomic E-state index is 5.70. The zero-order valence-electron chi connectivity index (χ0n) is 13.2. The molecule has 1 atom stereocenters. The Morgan fingerprint density at radius 1 is 1.43 bits per heavy atom. The summed E-state index contributed by atoms with van der Waals surface area (Å²) in [5, 5.41) is 0.166. The highest BCUT2D eigenvalue weighted by Gasteiger charge is 2.50. The Balaban J connectivity index is 1.96. The van der Waals surface area contributed by atoms with Gasteiger partial charge in [-0.1, -0.05) is 0 Å². The second-order valence-corrected chi connectivity index (χ2v) is 7.32. The lowest BCUT2D eigenvalue weighted by Gasteiger charge is -2.39. The molecule has 1 aliphatic carbocycles. The van der Waals surface area contributed by atoms with E-state index in [1.807, 2.05) is 0 Å². The van der Waals surface area contributed by atoms with E-state index in [1.54, 1.807) is 0 Å². The Labute approximate surface area is 132 Å². The van der Waals surface area contributed by atoms with Crippen LogP contribution < -0.4 is 4.90 Å². The molecular formula is C16H25N3OS. The SMILES string of the molecule is CC(S)c1ccc(N2CCOCC23CC3)c(CN(C)C)n1. The average molecular weight is 307 g/mol. The van der Waals surface area contributed by atoms with Crippen LogP contribution in [0.5, 0.6) is 0 Å². The molecule has 2 heterocycles. The molecule has 1 spiro atoms. The van der Waals surface area contributed by atoms with Crippen LogP contribution in [0, 0.1) is 0 Å². The van der Waals surface area contributed by atoms with Crippen molar-refractivity contribution in [3.63, 3.8) is 0 Å². The lowest BCUT2D eigenvalue weighted by molar-refractivity contribution is 0.0862. The fourth-order valence-corrected chi connectivity index (χ4v) is 3.22. The van der Waals surface area contributed by atoms with Crippen LogP contribution in [0.1, 0.15) is 36.4 Å². The molecule has 5 heteroatoms. The number of hydrogen-bond acceptors (Lipinski definition) is 5. The third-order valence-electron chi connectivity index (χ3n) is 4.39. The number of pyridine rings is 1. The zero-order valence-corrected chi connectivity index (χ0v) is 14.1. The summed E-state index contributed by atoms with van der Waals surface area (Å²) in [6.45, 7) is 5.57. The van der Waals surface area contributed by atoms with E-state index < -0.39 is 0 Å². The lowest BCUT2D eigenvalue weighted by Crippen LogP contribution is -2.48. The summed E-state index contributed by atoms with van der Waals surface area (Å²) in [6.07, 6.45) is 2.47. The number of morpholine rings is 1. The van der Waals surface area contributed by atoms with Gasteiger partial charge in [0.2, 0.25) is 0 Å². The molecule has 2 fully saturated rings. The van der Waals surface area contributed by atoms with E-state index in [2.05, 4.69) is 55.6 Å². The van der Waals surface area contributed by atoms with Gasteiger partial charge < -0.3 is 14.5 Å². The van der Waals surface area contributed by atoms with Crippen molar-refractivity contribution in [3.05, 3.63) is 23.5 Å². The Bertz CT molecular complexity index is 514. The Kier molecular flexibility index (Phi) is 4.17. The van der Waals surface area contributed by atoms with Gasteiger partial charge in [-0.2, -0.15) is 12.6 Å². The molecule has 2 aliphatic rings. The number of aromatic nitrogens is 1. The minimum absolute atomic E-state index is 0.166. The van der Waals surface area contributed by atoms with E-state index >= 15 is 0 Å². The molecule has 0 amide bonds. The quantitative estimate of drug-likeness (QED) is 0.865. The van der Waals surface area contributed by atoms with Crippen molar-refractivity contribution in [2.24, 2.45) is 0 Å². The van der Waals surface area contributed by atoms with Gasteiger partial charge in [0, 0.05) is 18.3 Å². The molecule has 3 rings (SSSR count). The van der Waals surface area contributed by atoms with Gasteiger partial charge in [0.15, 0.2) is 0 Å². The molecule has 0 radical (unpaired) electrons. The van der Waals surface area contributed by atoms with Gasteiger partial charge >= 0.3 is 0 Å². The second kappa shape index (κ2) is 5.78. The average Bonchev–Trinajstić information content (AvgIpc) is 3.19. The topological polar surface area (TPSA) is 28.6 Å². The van der Waals surface area contributed by atoms with Gasteiger partial charge in [0.05, 0.1) is 35.8 Å². The van der Waals surface area contributed by atoms with Crippen LogP contribution in [0.15, 0.2) is 12.1 Å². The van der Waals surface area contributed by atoms with E-state index in [0.717, 1.165) is 37.7 Å². The fourth-order valence-electron chi connectivity index (χ4n) is 3.07. The smallest absolute Gasteiger partial charge is 0.0780 e. The standard InChI is InChI=1S/C16H25N3OS/c1-12(21)13-4-5-15(14(17-13)10-18(2)3)19-8-9-20-11-16(19)6-7-16/h4-5,12,21H,6-11H2,1-3H3. The Morgan fingerprint density at radius 2 is 2.19 bits per heavy atom. The number of rotatable bonds is 4. The van der Waals surface area contributed by atoms with Crippen LogP contribution in [-0.2, 0) is 11.3 Å². The molecule has 1 aromatic rings. The molecule has 1 unspecified atom stereocenters. The number of ether oxygens (including phenoxy) is 1. The summed E-state index contributed by atoms with van der Waals surface area (Å²) < 4.78 is 5.70. The molecule has 1 aromatic heterocycles. The van der Waals surface area contributed by atoms with Crippen LogP contribution in [0.4, 0.5) is 5.69 Å². The van der Waals surface area contributed by atoms with Crippen LogP contribution >= 0.6 is 12.6 Å². The van der Waals surface area contributed by atoms with Crippen LogP contribution in [0.3, 0.4) is 0 Å². The van der Waals surface area contributed by atoms with E-state index in [0.29, 0.717) is 0 Å². The first kappa shape index (κ1) is 15.1. The van der Waals surface area contributed by atoms with Crippen molar-refractivity contribution in [2.45, 2.75) is 37.1 Å². The van der Waals surface area contributed by atoms with Gasteiger partial charge in [-0.05, 0) is 46.0 Å². The molecule has 116 valence electrons. The van der Waals surface area contributed by atoms with Crippen LogP contribution in [0.25, 0.3) is 0 Å². The summed E-state index contributed by atoms with van der Waals surface area (Å²) in [5.74, 6) is 0. The molecule has 0 bridgehead atoms. The van der Waals surface area contributed by atoms with E-state index in [9.17, 15) is 0 Å². The highest BCUT2D eigenvalue weighted by Crippen LogP contribution is 2.46. The minimum atomic E-state index is 0.166. The van der Waals surface area contributed by atoms with Gasteiger partial charge in [0.25, 0.3) is 0 Å². The maximum Gasteiger partial charge on any atom is 0.0780 e. The molecule has 4 nitrogen and oxygen atoms in total. The highest BCUT2D eigenvalue weighted by molar-refractivity contribution is 7.80. The lowest BCUT2D eigenvalue weighted by atomic mass is 10.1. The largest absolute Gasteiger partial charge is 0.377 e. The molecule has 21 heavy (non-hydrogen) atoms. The van der Waals surface area contributed by atoms with Crippen molar-refractivity contribution in [1.29, 1.82) is 0 Å². The van der Waals surface area contributed by atoms with Crippen molar-refractivity contribution in [3.8, 4) is 0 Å².